The zero-order valence-corrected chi connectivity index (χ0v) is 10.5. The second-order valence-corrected chi connectivity index (χ2v) is 4.08. The lowest BCUT2D eigenvalue weighted by molar-refractivity contribution is -0.130. The largest absolute Gasteiger partial charge is 0.395 e. The molecular formula is C11H19N3O3. The molecule has 0 aliphatic rings. The molecule has 2 N–H and O–H groups in total. The number of aromatic nitrogens is 2. The van der Waals surface area contributed by atoms with E-state index in [1.807, 2.05) is 13.8 Å². The van der Waals surface area contributed by atoms with E-state index in [1.165, 1.54) is 4.90 Å². The van der Waals surface area contributed by atoms with Crippen molar-refractivity contribution in [3.8, 4) is 0 Å². The van der Waals surface area contributed by atoms with Crippen molar-refractivity contribution in [2.45, 2.75) is 26.8 Å². The number of amides is 1. The maximum atomic E-state index is 11.6. The molecule has 0 aliphatic heterocycles. The number of rotatable bonds is 5. The van der Waals surface area contributed by atoms with E-state index in [4.69, 9.17) is 5.11 Å². The van der Waals surface area contributed by atoms with E-state index in [9.17, 15) is 9.59 Å². The van der Waals surface area contributed by atoms with E-state index < -0.39 is 0 Å². The van der Waals surface area contributed by atoms with Gasteiger partial charge in [0, 0.05) is 37.9 Å². The molecule has 17 heavy (non-hydrogen) atoms. The predicted octanol–water partition coefficient (Wildman–Crippen LogP) is -0.366. The second-order valence-electron chi connectivity index (χ2n) is 4.08. The summed E-state index contributed by atoms with van der Waals surface area (Å²) in [5.74, 6) is -0.0794. The lowest BCUT2D eigenvalue weighted by Gasteiger charge is -2.15. The van der Waals surface area contributed by atoms with Crippen molar-refractivity contribution >= 4 is 5.91 Å². The maximum Gasteiger partial charge on any atom is 0.325 e. The van der Waals surface area contributed by atoms with Gasteiger partial charge in [-0.25, -0.2) is 4.79 Å². The van der Waals surface area contributed by atoms with Gasteiger partial charge in [0.25, 0.3) is 0 Å². The first-order valence-electron chi connectivity index (χ1n) is 5.58. The van der Waals surface area contributed by atoms with Crippen molar-refractivity contribution in [2.24, 2.45) is 0 Å². The van der Waals surface area contributed by atoms with E-state index in [1.54, 1.807) is 11.6 Å². The SMILES string of the molecule is Cc1[nH]c(=O)n(CCC(=O)N(C)CCO)c1C. The van der Waals surface area contributed by atoms with Crippen molar-refractivity contribution in [3.63, 3.8) is 0 Å². The summed E-state index contributed by atoms with van der Waals surface area (Å²) in [6, 6.07) is 0. The van der Waals surface area contributed by atoms with Crippen LogP contribution in [0.2, 0.25) is 0 Å². The number of H-pyrrole nitrogens is 1. The Hall–Kier alpha value is -1.56. The minimum Gasteiger partial charge on any atom is -0.395 e. The average Bonchev–Trinajstić information content (AvgIpc) is 2.51. The number of likely N-dealkylation sites (N-methyl/N-ethyl adjacent to an activating group) is 1. The number of aliphatic hydroxyl groups excluding tert-OH is 1. The van der Waals surface area contributed by atoms with Gasteiger partial charge in [-0.1, -0.05) is 0 Å². The summed E-state index contributed by atoms with van der Waals surface area (Å²) in [5.41, 5.74) is 1.50. The number of carbonyl (C=O) groups is 1. The van der Waals surface area contributed by atoms with Gasteiger partial charge in [-0.2, -0.15) is 0 Å². The summed E-state index contributed by atoms with van der Waals surface area (Å²) in [6.45, 7) is 4.30. The normalized spacial score (nSPS) is 10.6. The molecule has 6 nitrogen and oxygen atoms in total. The summed E-state index contributed by atoms with van der Waals surface area (Å²) in [6.07, 6.45) is 0.258. The molecule has 0 radical (unpaired) electrons. The highest BCUT2D eigenvalue weighted by molar-refractivity contribution is 5.75. The fraction of sp³-hybridized carbons (Fsp3) is 0.636. The molecule has 0 aliphatic carbocycles. The van der Waals surface area contributed by atoms with Crippen LogP contribution in [0.4, 0.5) is 0 Å². The van der Waals surface area contributed by atoms with E-state index >= 15 is 0 Å². The van der Waals surface area contributed by atoms with Gasteiger partial charge in [0.05, 0.1) is 6.61 Å². The predicted molar refractivity (Wildman–Crippen MR) is 63.9 cm³/mol. The molecule has 1 amide bonds. The molecule has 0 bridgehead atoms. The molecule has 0 aromatic carbocycles. The third-order valence-corrected chi connectivity index (χ3v) is 2.90. The summed E-state index contributed by atoms with van der Waals surface area (Å²) in [7, 11) is 1.64. The van der Waals surface area contributed by atoms with Crippen LogP contribution in [-0.2, 0) is 11.3 Å². The maximum absolute atomic E-state index is 11.6. The monoisotopic (exact) mass is 241 g/mol. The molecule has 0 saturated heterocycles. The number of carbonyl (C=O) groups excluding carboxylic acids is 1. The smallest absolute Gasteiger partial charge is 0.325 e. The van der Waals surface area contributed by atoms with Crippen LogP contribution in [0.15, 0.2) is 4.79 Å². The van der Waals surface area contributed by atoms with Gasteiger partial charge in [-0.15, -0.1) is 0 Å². The zero-order valence-electron chi connectivity index (χ0n) is 10.5. The highest BCUT2D eigenvalue weighted by atomic mass is 16.3. The lowest BCUT2D eigenvalue weighted by Crippen LogP contribution is -2.31. The quantitative estimate of drug-likeness (QED) is 0.738. The van der Waals surface area contributed by atoms with Crippen LogP contribution >= 0.6 is 0 Å². The highest BCUT2D eigenvalue weighted by Crippen LogP contribution is 2.02. The summed E-state index contributed by atoms with van der Waals surface area (Å²) >= 11 is 0. The van der Waals surface area contributed by atoms with Crippen molar-refractivity contribution in [1.29, 1.82) is 0 Å². The summed E-state index contributed by atoms with van der Waals surface area (Å²) in [4.78, 5) is 27.3. The fourth-order valence-electron chi connectivity index (χ4n) is 1.62. The molecule has 6 heteroatoms. The van der Waals surface area contributed by atoms with Crippen molar-refractivity contribution in [1.82, 2.24) is 14.5 Å². The molecule has 0 unspecified atom stereocenters. The van der Waals surface area contributed by atoms with Gasteiger partial charge in [-0.05, 0) is 13.8 Å². The first-order valence-corrected chi connectivity index (χ1v) is 5.58. The molecular weight excluding hydrogens is 222 g/mol. The number of nitrogens with zero attached hydrogens (tertiary/aromatic N) is 2. The summed E-state index contributed by atoms with van der Waals surface area (Å²) in [5, 5.41) is 8.71. The fourth-order valence-corrected chi connectivity index (χ4v) is 1.62. The number of aliphatic hydroxyl groups is 1. The number of imidazole rings is 1. The van der Waals surface area contributed by atoms with Crippen molar-refractivity contribution in [2.75, 3.05) is 20.2 Å². The molecule has 1 aromatic rings. The van der Waals surface area contributed by atoms with E-state index in [-0.39, 0.29) is 24.6 Å². The molecule has 96 valence electrons. The topological polar surface area (TPSA) is 78.3 Å². The number of hydrogen-bond donors (Lipinski definition) is 2. The van der Waals surface area contributed by atoms with Crippen LogP contribution < -0.4 is 5.69 Å². The van der Waals surface area contributed by atoms with Crippen LogP contribution in [0.1, 0.15) is 17.8 Å². The van der Waals surface area contributed by atoms with Gasteiger partial charge in [0.2, 0.25) is 5.91 Å². The summed E-state index contributed by atoms with van der Waals surface area (Å²) < 4.78 is 1.56. The number of aromatic amines is 1. The first-order chi connectivity index (χ1) is 7.97. The zero-order chi connectivity index (χ0) is 13.0. The van der Waals surface area contributed by atoms with Crippen LogP contribution in [0.25, 0.3) is 0 Å². The Morgan fingerprint density at radius 3 is 2.59 bits per heavy atom. The third kappa shape index (κ3) is 3.20. The Kier molecular flexibility index (Phi) is 4.51. The molecule has 0 spiro atoms. The first kappa shape index (κ1) is 13.5. The van der Waals surface area contributed by atoms with Gasteiger partial charge in [0.1, 0.15) is 0 Å². The minimum absolute atomic E-state index is 0.0511. The number of nitrogens with one attached hydrogen (secondary N) is 1. The Labute approximate surface area is 99.9 Å². The molecule has 0 atom stereocenters. The molecule has 1 aromatic heterocycles. The molecule has 1 heterocycles. The van der Waals surface area contributed by atoms with Crippen LogP contribution in [0.3, 0.4) is 0 Å². The van der Waals surface area contributed by atoms with Crippen molar-refractivity contribution < 1.29 is 9.90 Å². The number of aryl methyl sites for hydroxylation is 1. The third-order valence-electron chi connectivity index (χ3n) is 2.90. The molecule has 0 fully saturated rings. The molecule has 0 saturated carbocycles. The van der Waals surface area contributed by atoms with E-state index in [2.05, 4.69) is 4.98 Å². The van der Waals surface area contributed by atoms with Crippen molar-refractivity contribution in [3.05, 3.63) is 21.9 Å². The Balaban J connectivity index is 2.62. The lowest BCUT2D eigenvalue weighted by atomic mass is 10.3. The second kappa shape index (κ2) is 5.67. The molecule has 1 rings (SSSR count). The van der Waals surface area contributed by atoms with Crippen LogP contribution in [0.5, 0.6) is 0 Å². The van der Waals surface area contributed by atoms with E-state index in [0.717, 1.165) is 11.4 Å². The Bertz CT molecular complexity index is 447. The Morgan fingerprint density at radius 2 is 2.12 bits per heavy atom. The van der Waals surface area contributed by atoms with Crippen LogP contribution in [0, 0.1) is 13.8 Å². The van der Waals surface area contributed by atoms with Crippen LogP contribution in [-0.4, -0.2) is 45.7 Å². The minimum atomic E-state index is -0.183. The van der Waals surface area contributed by atoms with E-state index in [0.29, 0.717) is 13.1 Å². The van der Waals surface area contributed by atoms with Gasteiger partial charge < -0.3 is 15.0 Å². The van der Waals surface area contributed by atoms with Gasteiger partial charge in [-0.3, -0.25) is 9.36 Å². The Morgan fingerprint density at radius 1 is 1.47 bits per heavy atom. The highest BCUT2D eigenvalue weighted by Gasteiger charge is 2.11. The van der Waals surface area contributed by atoms with Gasteiger partial charge >= 0.3 is 5.69 Å². The average molecular weight is 241 g/mol. The number of hydrogen-bond acceptors (Lipinski definition) is 3. The van der Waals surface area contributed by atoms with Gasteiger partial charge in [0.15, 0.2) is 0 Å². The standard InChI is InChI=1S/C11H19N3O3/c1-8-9(2)14(11(17)12-8)5-4-10(16)13(3)6-7-15/h15H,4-7H2,1-3H3,(H,12,17).